The first-order chi connectivity index (χ1) is 16.0. The fourth-order valence-electron chi connectivity index (χ4n) is 1.95. The fourth-order valence-corrected chi connectivity index (χ4v) is 1.95. The summed E-state index contributed by atoms with van der Waals surface area (Å²) in [6, 6.07) is 0. The van der Waals surface area contributed by atoms with E-state index in [0.717, 1.165) is 0 Å². The third-order valence-electron chi connectivity index (χ3n) is 4.26. The van der Waals surface area contributed by atoms with E-state index in [9.17, 15) is 110 Å². The molecule has 0 aromatic heterocycles. The number of allylic oxidation sites excluding steroid dienone is 1. The summed E-state index contributed by atoms with van der Waals surface area (Å²) in [5, 5.41) is 0. The van der Waals surface area contributed by atoms with Crippen molar-refractivity contribution in [1.29, 1.82) is 0 Å². The first kappa shape index (κ1) is 36.0. The monoisotopic (exact) mass is 631 g/mol. The maximum absolute atomic E-state index is 13.4. The Morgan fingerprint density at radius 3 is 0.684 bits per heavy atom. The van der Waals surface area contributed by atoms with Crippen LogP contribution in [-0.4, -0.2) is 65.4 Å². The van der Waals surface area contributed by atoms with Gasteiger partial charge in [-0.05, 0) is 0 Å². The van der Waals surface area contributed by atoms with E-state index in [0.29, 0.717) is 0 Å². The molecule has 0 bridgehead atoms. The highest BCUT2D eigenvalue weighted by molar-refractivity contribution is 5.21. The number of hydrogen-bond donors (Lipinski definition) is 0. The third kappa shape index (κ3) is 4.01. The molecule has 0 saturated carbocycles. The third-order valence-corrected chi connectivity index (χ3v) is 4.26. The molecule has 0 aliphatic heterocycles. The van der Waals surface area contributed by atoms with Crippen molar-refractivity contribution in [3.05, 3.63) is 12.2 Å². The summed E-state index contributed by atoms with van der Waals surface area (Å²) in [5.74, 6) is -95.3. The van der Waals surface area contributed by atoms with Crippen molar-refractivity contribution in [2.45, 2.75) is 65.4 Å². The second-order valence-corrected chi connectivity index (χ2v) is 6.65. The van der Waals surface area contributed by atoms with Crippen LogP contribution in [0, 0.1) is 6.33 Å². The van der Waals surface area contributed by atoms with Crippen molar-refractivity contribution in [2.75, 3.05) is 0 Å². The topological polar surface area (TPSA) is 0 Å². The number of hydrogen-bond acceptors (Lipinski definition) is 0. The second-order valence-electron chi connectivity index (χ2n) is 6.65. The van der Waals surface area contributed by atoms with E-state index in [4.69, 9.17) is 0 Å². The maximum Gasteiger partial charge on any atom is 0.460 e. The summed E-state index contributed by atoms with van der Waals surface area (Å²) >= 11 is 0. The van der Waals surface area contributed by atoms with Crippen molar-refractivity contribution in [2.24, 2.45) is 0 Å². The Morgan fingerprint density at radius 2 is 0.500 bits per heavy atom. The van der Waals surface area contributed by atoms with Crippen molar-refractivity contribution >= 4 is 0 Å². The van der Waals surface area contributed by atoms with Crippen LogP contribution < -0.4 is 0 Å². The van der Waals surface area contributed by atoms with E-state index in [1.54, 1.807) is 0 Å². The van der Waals surface area contributed by atoms with Gasteiger partial charge in [-0.2, -0.15) is 101 Å². The Labute approximate surface area is 189 Å². The van der Waals surface area contributed by atoms with Crippen LogP contribution >= 0.6 is 0 Å². The van der Waals surface area contributed by atoms with Crippen LogP contribution in [0.15, 0.2) is 5.83 Å². The summed E-state index contributed by atoms with van der Waals surface area (Å²) in [6.07, 6.45) is -9.42. The molecule has 0 unspecified atom stereocenters. The number of rotatable bonds is 10. The van der Waals surface area contributed by atoms with Gasteiger partial charge < -0.3 is 0 Å². The summed E-state index contributed by atoms with van der Waals surface area (Å²) in [6.45, 7) is 0. The molecule has 0 amide bonds. The molecule has 25 heteroatoms. The highest BCUT2D eigenvalue weighted by Crippen LogP contribution is 2.67. The largest absolute Gasteiger partial charge is 0.460 e. The predicted molar refractivity (Wildman–Crippen MR) is 64.5 cm³/mol. The van der Waals surface area contributed by atoms with Crippen molar-refractivity contribution in [1.82, 2.24) is 0 Å². The van der Waals surface area contributed by atoms with E-state index < -0.39 is 77.6 Å². The first-order valence-corrected chi connectivity index (χ1v) is 7.72. The molecule has 0 nitrogen and oxygen atoms in total. The lowest BCUT2D eigenvalue weighted by Gasteiger charge is -2.45. The normalized spacial score (nSPS) is 17.2. The molecule has 0 aromatic rings. The van der Waals surface area contributed by atoms with Crippen LogP contribution in [-0.2, 0) is 0 Å². The van der Waals surface area contributed by atoms with Crippen LogP contribution in [0.25, 0.3) is 0 Å². The summed E-state index contributed by atoms with van der Waals surface area (Å²) in [5.41, 5.74) is 0. The van der Waals surface area contributed by atoms with Crippen molar-refractivity contribution in [3.8, 4) is 0 Å². The van der Waals surface area contributed by atoms with E-state index >= 15 is 0 Å². The summed E-state index contributed by atoms with van der Waals surface area (Å²) in [4.78, 5) is 0. The van der Waals surface area contributed by atoms with Gasteiger partial charge in [0, 0.05) is 0 Å². The molecule has 0 N–H and O–H groups in total. The minimum Gasteiger partial charge on any atom is -0.201 e. The smallest absolute Gasteiger partial charge is 0.201 e. The number of alkyl halides is 23. The molecule has 0 rings (SSSR count). The Morgan fingerprint density at radius 1 is 0.316 bits per heavy atom. The van der Waals surface area contributed by atoms with Gasteiger partial charge in [0.2, 0.25) is 5.83 Å². The molecule has 38 heavy (non-hydrogen) atoms. The van der Waals surface area contributed by atoms with Gasteiger partial charge in [0.15, 0.2) is 6.33 Å². The van der Waals surface area contributed by atoms with Crippen LogP contribution in [0.4, 0.5) is 110 Å². The van der Waals surface area contributed by atoms with Crippen LogP contribution in [0.3, 0.4) is 0 Å². The minimum atomic E-state index is -9.55. The van der Waals surface area contributed by atoms with Crippen molar-refractivity contribution in [3.63, 3.8) is 0 Å². The first-order valence-electron chi connectivity index (χ1n) is 7.72. The van der Waals surface area contributed by atoms with Gasteiger partial charge in [-0.15, -0.1) is 0 Å². The summed E-state index contributed by atoms with van der Waals surface area (Å²) in [7, 11) is 0. The number of halogens is 25. The molecule has 0 aliphatic carbocycles. The molecule has 0 saturated heterocycles. The lowest BCUT2D eigenvalue weighted by atomic mass is 9.85. The Hall–Kier alpha value is -2.01. The molecule has 1 radical (unpaired) electrons. The van der Waals surface area contributed by atoms with E-state index in [1.807, 2.05) is 0 Å². The van der Waals surface area contributed by atoms with Crippen molar-refractivity contribution < 1.29 is 110 Å². The van der Waals surface area contributed by atoms with Gasteiger partial charge in [0.1, 0.15) is 0 Å². The molecule has 0 fully saturated rings. The Bertz CT molecular complexity index is 899. The maximum atomic E-state index is 13.4. The predicted octanol–water partition coefficient (Wildman–Crippen LogP) is 8.49. The standard InChI is InChI=1S/C13F25/c14-1-2(15)3(16,17)4(18,19)5(20,21)6(22,23)7(24,25)8(26,27)9(28,29)10(30,31)11(32,33)12(34,35)13(36,37)38. The molecular formula is C13F25. The highest BCUT2D eigenvalue weighted by Gasteiger charge is 2.99. The van der Waals surface area contributed by atoms with E-state index in [2.05, 4.69) is 0 Å². The highest BCUT2D eigenvalue weighted by atomic mass is 19.4. The van der Waals surface area contributed by atoms with E-state index in [-0.39, 0.29) is 0 Å². The van der Waals surface area contributed by atoms with Crippen LogP contribution in [0.2, 0.25) is 0 Å². The zero-order valence-corrected chi connectivity index (χ0v) is 15.9. The molecule has 0 atom stereocenters. The van der Waals surface area contributed by atoms with Gasteiger partial charge in [0.05, 0.1) is 0 Å². The average molecular weight is 631 g/mol. The van der Waals surface area contributed by atoms with Crippen LogP contribution in [0.5, 0.6) is 0 Å². The molecule has 0 aliphatic rings. The molecular weight excluding hydrogens is 631 g/mol. The van der Waals surface area contributed by atoms with Gasteiger partial charge in [-0.25, -0.2) is 8.78 Å². The fraction of sp³-hybridized carbons (Fsp3) is 0.846. The van der Waals surface area contributed by atoms with Gasteiger partial charge in [-0.1, -0.05) is 0 Å². The average Bonchev–Trinajstić information content (AvgIpc) is 2.70. The van der Waals surface area contributed by atoms with Gasteiger partial charge >= 0.3 is 65.4 Å². The lowest BCUT2D eigenvalue weighted by molar-refractivity contribution is -0.478. The summed E-state index contributed by atoms with van der Waals surface area (Å²) < 4.78 is 323. The minimum absolute atomic E-state index is 1.27. The van der Waals surface area contributed by atoms with E-state index in [1.165, 1.54) is 0 Å². The Balaban J connectivity index is 7.28. The van der Waals surface area contributed by atoms with Crippen LogP contribution in [0.1, 0.15) is 0 Å². The molecule has 0 heterocycles. The lowest BCUT2D eigenvalue weighted by Crippen LogP contribution is -2.77. The quantitative estimate of drug-likeness (QED) is 0.212. The Kier molecular flexibility index (Phi) is 8.28. The molecule has 227 valence electrons. The zero-order chi connectivity index (χ0) is 31.8. The van der Waals surface area contributed by atoms with Gasteiger partial charge in [0.25, 0.3) is 0 Å². The molecule has 0 spiro atoms. The zero-order valence-electron chi connectivity index (χ0n) is 15.9. The van der Waals surface area contributed by atoms with Gasteiger partial charge in [-0.3, -0.25) is 0 Å². The second kappa shape index (κ2) is 8.74. The SMILES string of the molecule is F/[C]=C(\F)C(F)(F)C(F)(F)C(F)(F)C(F)(F)C(F)(F)C(F)(F)C(F)(F)C(F)(F)C(F)(F)C(F)(F)C(F)(F)F. The molecule has 0 aromatic carbocycles.